The number of aromatic nitrogens is 2. The molecule has 0 atom stereocenters. The standard InChI is InChI=1S/C11H10BrN5O/c12-8-2-4-9(15-6-8)16-11(18)7-1-3-10(17-13)14-5-7/h1-6H,13H2,(H,14,17)(H,15,16,18). The number of nitrogens with one attached hydrogen (secondary N) is 2. The molecule has 0 bridgehead atoms. The molecule has 7 heteroatoms. The molecule has 4 N–H and O–H groups in total. The van der Waals surface area contributed by atoms with Crippen molar-refractivity contribution in [2.75, 3.05) is 10.7 Å². The van der Waals surface area contributed by atoms with Crippen LogP contribution in [0.15, 0.2) is 41.1 Å². The molecule has 2 aromatic rings. The van der Waals surface area contributed by atoms with E-state index in [1.807, 2.05) is 0 Å². The van der Waals surface area contributed by atoms with Crippen LogP contribution in [0.1, 0.15) is 10.4 Å². The largest absolute Gasteiger partial charge is 0.308 e. The van der Waals surface area contributed by atoms with Crippen LogP contribution in [0.5, 0.6) is 0 Å². The Morgan fingerprint density at radius 3 is 2.39 bits per heavy atom. The fraction of sp³-hybridized carbons (Fsp3) is 0. The zero-order valence-corrected chi connectivity index (χ0v) is 10.8. The summed E-state index contributed by atoms with van der Waals surface area (Å²) in [5.41, 5.74) is 2.82. The van der Waals surface area contributed by atoms with Gasteiger partial charge in [0, 0.05) is 16.9 Å². The molecule has 0 radical (unpaired) electrons. The monoisotopic (exact) mass is 307 g/mol. The fourth-order valence-corrected chi connectivity index (χ4v) is 1.49. The van der Waals surface area contributed by atoms with Gasteiger partial charge in [0.25, 0.3) is 5.91 Å². The number of hydrazine groups is 1. The predicted octanol–water partition coefficient (Wildman–Crippen LogP) is 1.78. The zero-order chi connectivity index (χ0) is 13.0. The molecule has 0 aliphatic carbocycles. The van der Waals surface area contributed by atoms with E-state index in [1.165, 1.54) is 6.20 Å². The van der Waals surface area contributed by atoms with Crippen LogP contribution in [-0.4, -0.2) is 15.9 Å². The second-order valence-electron chi connectivity index (χ2n) is 3.39. The lowest BCUT2D eigenvalue weighted by molar-refractivity contribution is 0.102. The highest BCUT2D eigenvalue weighted by molar-refractivity contribution is 9.10. The van der Waals surface area contributed by atoms with Gasteiger partial charge in [-0.25, -0.2) is 15.8 Å². The van der Waals surface area contributed by atoms with E-state index in [1.54, 1.807) is 30.5 Å². The highest BCUT2D eigenvalue weighted by Crippen LogP contribution is 2.12. The van der Waals surface area contributed by atoms with Gasteiger partial charge in [-0.1, -0.05) is 0 Å². The van der Waals surface area contributed by atoms with Crippen molar-refractivity contribution in [3.63, 3.8) is 0 Å². The molecule has 0 aliphatic heterocycles. The summed E-state index contributed by atoms with van der Waals surface area (Å²) in [4.78, 5) is 19.8. The van der Waals surface area contributed by atoms with Crippen LogP contribution in [0.3, 0.4) is 0 Å². The number of nitrogens with two attached hydrogens (primary N) is 1. The van der Waals surface area contributed by atoms with Crippen molar-refractivity contribution >= 4 is 33.5 Å². The van der Waals surface area contributed by atoms with E-state index in [4.69, 9.17) is 5.84 Å². The molecule has 92 valence electrons. The number of pyridine rings is 2. The van der Waals surface area contributed by atoms with Gasteiger partial charge >= 0.3 is 0 Å². The number of nitrogens with zero attached hydrogens (tertiary/aromatic N) is 2. The summed E-state index contributed by atoms with van der Waals surface area (Å²) in [6.07, 6.45) is 3.04. The lowest BCUT2D eigenvalue weighted by Gasteiger charge is -2.04. The summed E-state index contributed by atoms with van der Waals surface area (Å²) in [5.74, 6) is 5.88. The Balaban J connectivity index is 2.09. The normalized spacial score (nSPS) is 9.89. The summed E-state index contributed by atoms with van der Waals surface area (Å²) in [6.45, 7) is 0. The van der Waals surface area contributed by atoms with Gasteiger partial charge in [-0.05, 0) is 40.2 Å². The summed E-state index contributed by atoms with van der Waals surface area (Å²) in [5, 5.41) is 2.66. The van der Waals surface area contributed by atoms with E-state index >= 15 is 0 Å². The van der Waals surface area contributed by atoms with Gasteiger partial charge < -0.3 is 10.7 Å². The molecule has 2 heterocycles. The van der Waals surface area contributed by atoms with Gasteiger partial charge in [0.15, 0.2) is 0 Å². The maximum absolute atomic E-state index is 11.8. The van der Waals surface area contributed by atoms with E-state index in [0.29, 0.717) is 17.2 Å². The summed E-state index contributed by atoms with van der Waals surface area (Å²) < 4.78 is 0.848. The van der Waals surface area contributed by atoms with Gasteiger partial charge in [0.1, 0.15) is 11.6 Å². The maximum atomic E-state index is 11.8. The van der Waals surface area contributed by atoms with Crippen LogP contribution in [-0.2, 0) is 0 Å². The number of rotatable bonds is 3. The number of amides is 1. The third-order valence-electron chi connectivity index (χ3n) is 2.14. The van der Waals surface area contributed by atoms with Gasteiger partial charge in [-0.2, -0.15) is 0 Å². The third-order valence-corrected chi connectivity index (χ3v) is 2.61. The predicted molar refractivity (Wildman–Crippen MR) is 71.9 cm³/mol. The van der Waals surface area contributed by atoms with E-state index in [9.17, 15) is 4.79 Å². The molecule has 18 heavy (non-hydrogen) atoms. The van der Waals surface area contributed by atoms with Gasteiger partial charge in [0.05, 0.1) is 5.56 Å². The summed E-state index contributed by atoms with van der Waals surface area (Å²) >= 11 is 3.27. The van der Waals surface area contributed by atoms with Crippen LogP contribution in [0.2, 0.25) is 0 Å². The molecule has 0 unspecified atom stereocenters. The number of anilines is 2. The molecule has 0 aromatic carbocycles. The SMILES string of the molecule is NNc1ccc(C(=O)Nc2ccc(Br)cn2)cn1. The Bertz CT molecular complexity index is 540. The molecule has 0 spiro atoms. The average Bonchev–Trinajstić information content (AvgIpc) is 2.41. The smallest absolute Gasteiger partial charge is 0.258 e. The van der Waals surface area contributed by atoms with Crippen LogP contribution >= 0.6 is 15.9 Å². The van der Waals surface area contributed by atoms with Crippen molar-refractivity contribution in [1.29, 1.82) is 0 Å². The summed E-state index contributed by atoms with van der Waals surface area (Å²) in [7, 11) is 0. The van der Waals surface area contributed by atoms with Crippen LogP contribution in [0.25, 0.3) is 0 Å². The molecule has 0 saturated carbocycles. The lowest BCUT2D eigenvalue weighted by Crippen LogP contribution is -2.14. The quantitative estimate of drug-likeness (QED) is 0.593. The minimum atomic E-state index is -0.277. The lowest BCUT2D eigenvalue weighted by atomic mass is 10.2. The molecule has 2 aromatic heterocycles. The minimum absolute atomic E-state index is 0.277. The van der Waals surface area contributed by atoms with Crippen molar-refractivity contribution in [2.45, 2.75) is 0 Å². The number of nitrogen functional groups attached to an aromatic ring is 1. The molecule has 6 nitrogen and oxygen atoms in total. The number of halogens is 1. The first-order chi connectivity index (χ1) is 8.69. The van der Waals surface area contributed by atoms with E-state index in [0.717, 1.165) is 4.47 Å². The van der Waals surface area contributed by atoms with E-state index < -0.39 is 0 Å². The van der Waals surface area contributed by atoms with E-state index in [2.05, 4.69) is 36.6 Å². The first-order valence-electron chi connectivity index (χ1n) is 5.04. The number of hydrogen-bond acceptors (Lipinski definition) is 5. The highest BCUT2D eigenvalue weighted by Gasteiger charge is 2.07. The Morgan fingerprint density at radius 2 is 1.83 bits per heavy atom. The fourth-order valence-electron chi connectivity index (χ4n) is 1.25. The Hall–Kier alpha value is -1.99. The van der Waals surface area contributed by atoms with Gasteiger partial charge in [0.2, 0.25) is 0 Å². The molecule has 0 saturated heterocycles. The molecule has 0 aliphatic rings. The van der Waals surface area contributed by atoms with Crippen LogP contribution in [0.4, 0.5) is 11.6 Å². The third kappa shape index (κ3) is 3.02. The molecular formula is C11H10BrN5O. The van der Waals surface area contributed by atoms with Crippen LogP contribution in [0, 0.1) is 0 Å². The molecule has 1 amide bonds. The molecular weight excluding hydrogens is 298 g/mol. The maximum Gasteiger partial charge on any atom is 0.258 e. The highest BCUT2D eigenvalue weighted by atomic mass is 79.9. The van der Waals surface area contributed by atoms with Crippen molar-refractivity contribution < 1.29 is 4.79 Å². The number of carbonyl (C=O) groups is 1. The van der Waals surface area contributed by atoms with Gasteiger partial charge in [-0.15, -0.1) is 0 Å². The Labute approximate surface area is 112 Å². The van der Waals surface area contributed by atoms with Crippen molar-refractivity contribution in [1.82, 2.24) is 9.97 Å². The van der Waals surface area contributed by atoms with E-state index in [-0.39, 0.29) is 5.91 Å². The Morgan fingerprint density at radius 1 is 1.11 bits per heavy atom. The first kappa shape index (κ1) is 12.5. The zero-order valence-electron chi connectivity index (χ0n) is 9.22. The van der Waals surface area contributed by atoms with Crippen molar-refractivity contribution in [3.8, 4) is 0 Å². The van der Waals surface area contributed by atoms with Crippen molar-refractivity contribution in [3.05, 3.63) is 46.7 Å². The average molecular weight is 308 g/mol. The molecule has 2 rings (SSSR count). The topological polar surface area (TPSA) is 92.9 Å². The second-order valence-corrected chi connectivity index (χ2v) is 4.31. The number of carbonyl (C=O) groups excluding carboxylic acids is 1. The minimum Gasteiger partial charge on any atom is -0.308 e. The molecule has 0 fully saturated rings. The number of hydrogen-bond donors (Lipinski definition) is 3. The first-order valence-corrected chi connectivity index (χ1v) is 5.84. The van der Waals surface area contributed by atoms with Crippen LogP contribution < -0.4 is 16.6 Å². The Kier molecular flexibility index (Phi) is 3.85. The second kappa shape index (κ2) is 5.56. The van der Waals surface area contributed by atoms with Gasteiger partial charge in [-0.3, -0.25) is 4.79 Å². The summed E-state index contributed by atoms with van der Waals surface area (Å²) in [6, 6.07) is 6.73. The van der Waals surface area contributed by atoms with Crippen molar-refractivity contribution in [2.24, 2.45) is 5.84 Å².